The van der Waals surface area contributed by atoms with Crippen LogP contribution in [0.25, 0.3) is 0 Å². The van der Waals surface area contributed by atoms with Gasteiger partial charge >= 0.3 is 0 Å². The Balaban J connectivity index is 1.90. The number of aryl methyl sites for hydroxylation is 1. The first-order valence-corrected chi connectivity index (χ1v) is 8.28. The lowest BCUT2D eigenvalue weighted by Crippen LogP contribution is -2.43. The number of pyridine rings is 1. The van der Waals surface area contributed by atoms with Gasteiger partial charge in [-0.25, -0.2) is 9.67 Å². The van der Waals surface area contributed by atoms with Crippen LogP contribution in [-0.2, 0) is 4.79 Å². The highest BCUT2D eigenvalue weighted by atomic mass is 16.1. The number of aromatic nitrogens is 4. The summed E-state index contributed by atoms with van der Waals surface area (Å²) in [6.07, 6.45) is 3.41. The van der Waals surface area contributed by atoms with Gasteiger partial charge in [-0.2, -0.15) is 5.26 Å². The summed E-state index contributed by atoms with van der Waals surface area (Å²) < 4.78 is 1.76. The van der Waals surface area contributed by atoms with Crippen molar-refractivity contribution in [3.8, 4) is 6.07 Å². The van der Waals surface area contributed by atoms with E-state index in [9.17, 15) is 10.1 Å². The number of hydrogen-bond acceptors (Lipinski definition) is 6. The van der Waals surface area contributed by atoms with E-state index in [0.29, 0.717) is 24.5 Å². The van der Waals surface area contributed by atoms with Crippen LogP contribution >= 0.6 is 0 Å². The first kappa shape index (κ1) is 16.9. The highest BCUT2D eigenvalue weighted by molar-refractivity contribution is 5.78. The summed E-state index contributed by atoms with van der Waals surface area (Å²) in [6, 6.07) is 5.60. The first-order chi connectivity index (χ1) is 12.0. The quantitative estimate of drug-likeness (QED) is 0.894. The van der Waals surface area contributed by atoms with Gasteiger partial charge in [0.2, 0.25) is 5.91 Å². The van der Waals surface area contributed by atoms with Gasteiger partial charge < -0.3 is 10.2 Å². The van der Waals surface area contributed by atoms with Crippen molar-refractivity contribution in [2.24, 2.45) is 5.92 Å². The average molecular weight is 339 g/mol. The third-order valence-electron chi connectivity index (χ3n) is 4.36. The second-order valence-corrected chi connectivity index (χ2v) is 6.56. The molecule has 8 heteroatoms. The SMILES string of the molecule is Cc1ccc(C#N)c(N2C[C@@H](NC(=O)C(C)C)[C@@H](n3ccnn3)C2)n1. The molecule has 1 fully saturated rings. The van der Waals surface area contributed by atoms with Crippen molar-refractivity contribution in [3.05, 3.63) is 35.8 Å². The van der Waals surface area contributed by atoms with Crippen molar-refractivity contribution < 1.29 is 4.79 Å². The molecular formula is C17H21N7O. The van der Waals surface area contributed by atoms with E-state index < -0.39 is 0 Å². The second kappa shape index (κ2) is 6.89. The van der Waals surface area contributed by atoms with Crippen LogP contribution in [0.15, 0.2) is 24.5 Å². The van der Waals surface area contributed by atoms with Crippen molar-refractivity contribution in [3.63, 3.8) is 0 Å². The number of nitrogens with zero attached hydrogens (tertiary/aromatic N) is 6. The van der Waals surface area contributed by atoms with E-state index in [2.05, 4.69) is 26.7 Å². The Morgan fingerprint density at radius 2 is 2.20 bits per heavy atom. The normalized spacial score (nSPS) is 19.9. The van der Waals surface area contributed by atoms with Gasteiger partial charge in [-0.05, 0) is 19.1 Å². The Morgan fingerprint density at radius 3 is 2.84 bits per heavy atom. The Labute approximate surface area is 146 Å². The Hall–Kier alpha value is -2.95. The van der Waals surface area contributed by atoms with Crippen LogP contribution in [0.5, 0.6) is 0 Å². The largest absolute Gasteiger partial charge is 0.351 e. The van der Waals surface area contributed by atoms with Gasteiger partial charge in [-0.1, -0.05) is 19.1 Å². The number of amides is 1. The number of carbonyl (C=O) groups is 1. The summed E-state index contributed by atoms with van der Waals surface area (Å²) in [6.45, 7) is 6.78. The van der Waals surface area contributed by atoms with E-state index >= 15 is 0 Å². The molecule has 0 bridgehead atoms. The molecule has 1 N–H and O–H groups in total. The fourth-order valence-corrected chi connectivity index (χ4v) is 2.98. The minimum Gasteiger partial charge on any atom is -0.351 e. The zero-order chi connectivity index (χ0) is 18.0. The van der Waals surface area contributed by atoms with Gasteiger partial charge in [0.1, 0.15) is 11.9 Å². The molecule has 2 aromatic rings. The van der Waals surface area contributed by atoms with Crippen LogP contribution in [0.4, 0.5) is 5.82 Å². The van der Waals surface area contributed by atoms with Crippen LogP contribution < -0.4 is 10.2 Å². The van der Waals surface area contributed by atoms with Crippen LogP contribution in [0.1, 0.15) is 31.1 Å². The van der Waals surface area contributed by atoms with Gasteiger partial charge in [-0.15, -0.1) is 5.10 Å². The van der Waals surface area contributed by atoms with E-state index in [0.717, 1.165) is 5.69 Å². The smallest absolute Gasteiger partial charge is 0.222 e. The van der Waals surface area contributed by atoms with Crippen LogP contribution in [0, 0.1) is 24.2 Å². The monoisotopic (exact) mass is 339 g/mol. The maximum Gasteiger partial charge on any atom is 0.222 e. The highest BCUT2D eigenvalue weighted by Crippen LogP contribution is 2.28. The van der Waals surface area contributed by atoms with Crippen molar-refractivity contribution >= 4 is 11.7 Å². The van der Waals surface area contributed by atoms with Crippen molar-refractivity contribution in [1.29, 1.82) is 5.26 Å². The van der Waals surface area contributed by atoms with E-state index in [1.807, 2.05) is 31.7 Å². The minimum atomic E-state index is -0.134. The lowest BCUT2D eigenvalue weighted by Gasteiger charge is -2.20. The predicted molar refractivity (Wildman–Crippen MR) is 91.7 cm³/mol. The molecule has 0 aliphatic carbocycles. The lowest BCUT2D eigenvalue weighted by molar-refractivity contribution is -0.124. The molecule has 1 aliphatic heterocycles. The molecule has 1 amide bonds. The van der Waals surface area contributed by atoms with Crippen molar-refractivity contribution in [2.45, 2.75) is 32.9 Å². The van der Waals surface area contributed by atoms with Crippen molar-refractivity contribution in [1.82, 2.24) is 25.3 Å². The molecule has 2 aromatic heterocycles. The highest BCUT2D eigenvalue weighted by Gasteiger charge is 2.37. The molecular weight excluding hydrogens is 318 g/mol. The molecule has 130 valence electrons. The van der Waals surface area contributed by atoms with E-state index in [1.54, 1.807) is 23.1 Å². The van der Waals surface area contributed by atoms with Crippen LogP contribution in [0.2, 0.25) is 0 Å². The zero-order valence-corrected chi connectivity index (χ0v) is 14.5. The summed E-state index contributed by atoms with van der Waals surface area (Å²) >= 11 is 0. The van der Waals surface area contributed by atoms with E-state index in [-0.39, 0.29) is 23.9 Å². The molecule has 0 unspecified atom stereocenters. The number of hydrogen-bond donors (Lipinski definition) is 1. The summed E-state index contributed by atoms with van der Waals surface area (Å²) in [5.41, 5.74) is 1.37. The van der Waals surface area contributed by atoms with E-state index in [1.165, 1.54) is 0 Å². The summed E-state index contributed by atoms with van der Waals surface area (Å²) in [5, 5.41) is 20.4. The molecule has 0 saturated carbocycles. The Kier molecular flexibility index (Phi) is 4.65. The number of rotatable bonds is 4. The maximum absolute atomic E-state index is 12.2. The topological polar surface area (TPSA) is 99.7 Å². The maximum atomic E-state index is 12.2. The number of nitrogens with one attached hydrogen (secondary N) is 1. The molecule has 25 heavy (non-hydrogen) atoms. The molecule has 0 radical (unpaired) electrons. The third kappa shape index (κ3) is 3.45. The summed E-state index contributed by atoms with van der Waals surface area (Å²) in [7, 11) is 0. The molecule has 0 aromatic carbocycles. The first-order valence-electron chi connectivity index (χ1n) is 8.28. The van der Waals surface area contributed by atoms with Gasteiger partial charge in [0, 0.05) is 30.9 Å². The zero-order valence-electron chi connectivity index (χ0n) is 14.5. The molecule has 1 aliphatic rings. The molecule has 8 nitrogen and oxygen atoms in total. The molecule has 0 spiro atoms. The van der Waals surface area contributed by atoms with Gasteiger partial charge in [0.15, 0.2) is 0 Å². The summed E-state index contributed by atoms with van der Waals surface area (Å²) in [4.78, 5) is 18.8. The number of anilines is 1. The second-order valence-electron chi connectivity index (χ2n) is 6.56. The number of nitriles is 1. The van der Waals surface area contributed by atoms with Crippen LogP contribution in [-0.4, -0.2) is 45.0 Å². The summed E-state index contributed by atoms with van der Waals surface area (Å²) in [5.74, 6) is 0.542. The molecule has 1 saturated heterocycles. The van der Waals surface area contributed by atoms with Crippen molar-refractivity contribution in [2.75, 3.05) is 18.0 Å². The van der Waals surface area contributed by atoms with Gasteiger partial charge in [0.25, 0.3) is 0 Å². The minimum absolute atomic E-state index is 0.00493. The fourth-order valence-electron chi connectivity index (χ4n) is 2.98. The molecule has 3 rings (SSSR count). The average Bonchev–Trinajstić information content (AvgIpc) is 3.23. The van der Waals surface area contributed by atoms with Gasteiger partial charge in [0.05, 0.1) is 23.8 Å². The Morgan fingerprint density at radius 1 is 1.40 bits per heavy atom. The third-order valence-corrected chi connectivity index (χ3v) is 4.36. The Bertz CT molecular complexity index is 794. The predicted octanol–water partition coefficient (Wildman–Crippen LogP) is 1.06. The van der Waals surface area contributed by atoms with E-state index in [4.69, 9.17) is 0 Å². The van der Waals surface area contributed by atoms with Crippen LogP contribution in [0.3, 0.4) is 0 Å². The molecule has 2 atom stereocenters. The van der Waals surface area contributed by atoms with Gasteiger partial charge in [-0.3, -0.25) is 4.79 Å². The number of carbonyl (C=O) groups excluding carboxylic acids is 1. The lowest BCUT2D eigenvalue weighted by atomic mass is 10.1. The fraction of sp³-hybridized carbons (Fsp3) is 0.471. The molecule has 3 heterocycles. The standard InChI is InChI=1S/C17H21N7O/c1-11(2)17(25)21-14-9-23(10-15(14)24-7-6-19-22-24)16-13(8-18)5-4-12(3)20-16/h4-7,11,14-15H,9-10H2,1-3H3,(H,21,25)/t14-,15+/m1/s1.